The van der Waals surface area contributed by atoms with Crippen LogP contribution in [0, 0.1) is 10.5 Å². The summed E-state index contributed by atoms with van der Waals surface area (Å²) in [5, 5.41) is 4.10. The molecule has 0 radical (unpaired) electrons. The van der Waals surface area contributed by atoms with Crippen molar-refractivity contribution in [3.05, 3.63) is 51.9 Å². The largest absolute Gasteiger partial charge is 0.382 e. The van der Waals surface area contributed by atoms with Crippen LogP contribution in [0.5, 0.6) is 0 Å². The van der Waals surface area contributed by atoms with E-state index in [0.29, 0.717) is 5.65 Å². The minimum atomic E-state index is -3.67. The minimum Gasteiger partial charge on any atom is -0.382 e. The number of benzene rings is 1. The summed E-state index contributed by atoms with van der Waals surface area (Å²) >= 11 is 2.14. The Morgan fingerprint density at radius 1 is 1.21 bits per heavy atom. The van der Waals surface area contributed by atoms with Gasteiger partial charge in [0.1, 0.15) is 0 Å². The van der Waals surface area contributed by atoms with E-state index in [4.69, 9.17) is 0 Å². The molecular formula is C17H18IN3O2S. The predicted octanol–water partition coefficient (Wildman–Crippen LogP) is 4.01. The average molecular weight is 455 g/mol. The summed E-state index contributed by atoms with van der Waals surface area (Å²) in [6.45, 7) is 6.01. The molecule has 126 valence electrons. The lowest BCUT2D eigenvalue weighted by molar-refractivity contribution is 0.588. The number of pyridine rings is 1. The van der Waals surface area contributed by atoms with Gasteiger partial charge in [-0.05, 0) is 61.6 Å². The van der Waals surface area contributed by atoms with Crippen LogP contribution in [0.2, 0.25) is 0 Å². The molecule has 3 rings (SSSR count). The summed E-state index contributed by atoms with van der Waals surface area (Å²) in [6, 6.07) is 9.05. The number of hydrogen-bond donors (Lipinski definition) is 1. The predicted molar refractivity (Wildman–Crippen MR) is 105 cm³/mol. The third-order valence-corrected chi connectivity index (χ3v) is 6.12. The number of rotatable bonds is 4. The van der Waals surface area contributed by atoms with Crippen molar-refractivity contribution in [1.82, 2.24) is 8.96 Å². The normalized spacial score (nSPS) is 12.0. The second kappa shape index (κ2) is 6.36. The molecule has 0 aliphatic rings. The molecule has 24 heavy (non-hydrogen) atoms. The summed E-state index contributed by atoms with van der Waals surface area (Å²) < 4.78 is 28.0. The smallest absolute Gasteiger partial charge is 0.269 e. The van der Waals surface area contributed by atoms with Gasteiger partial charge in [-0.1, -0.05) is 17.7 Å². The van der Waals surface area contributed by atoms with Crippen LogP contribution in [0.15, 0.2) is 47.6 Å². The van der Waals surface area contributed by atoms with Crippen molar-refractivity contribution in [3.8, 4) is 0 Å². The zero-order chi connectivity index (χ0) is 17.5. The summed E-state index contributed by atoms with van der Waals surface area (Å²) in [4.78, 5) is 4.64. The molecule has 7 heteroatoms. The first kappa shape index (κ1) is 17.2. The Kier molecular flexibility index (Phi) is 4.56. The first-order valence-electron chi connectivity index (χ1n) is 7.54. The number of halogens is 1. The lowest BCUT2D eigenvalue weighted by atomic mass is 10.2. The molecule has 0 aliphatic carbocycles. The lowest BCUT2D eigenvalue weighted by Gasteiger charge is -2.10. The van der Waals surface area contributed by atoms with E-state index in [1.54, 1.807) is 36.7 Å². The third kappa shape index (κ3) is 3.14. The number of nitrogens with zero attached hydrogens (tertiary/aromatic N) is 2. The molecule has 0 fully saturated rings. The van der Waals surface area contributed by atoms with Gasteiger partial charge in [-0.25, -0.2) is 17.4 Å². The van der Waals surface area contributed by atoms with Crippen molar-refractivity contribution in [2.45, 2.75) is 31.7 Å². The molecule has 0 saturated heterocycles. The third-order valence-electron chi connectivity index (χ3n) is 3.60. The molecule has 5 nitrogen and oxygen atoms in total. The molecule has 2 heterocycles. The highest BCUT2D eigenvalue weighted by Gasteiger charge is 2.21. The lowest BCUT2D eigenvalue weighted by Crippen LogP contribution is -2.13. The molecule has 0 aliphatic heterocycles. The topological polar surface area (TPSA) is 64.0 Å². The molecule has 0 saturated carbocycles. The minimum absolute atomic E-state index is 0.257. The van der Waals surface area contributed by atoms with Crippen LogP contribution in [0.25, 0.3) is 11.0 Å². The Hall–Kier alpha value is -1.61. The van der Waals surface area contributed by atoms with E-state index < -0.39 is 10.0 Å². The van der Waals surface area contributed by atoms with Crippen molar-refractivity contribution in [2.75, 3.05) is 5.32 Å². The first-order chi connectivity index (χ1) is 11.3. The van der Waals surface area contributed by atoms with Crippen LogP contribution >= 0.6 is 22.6 Å². The number of anilines is 1. The highest BCUT2D eigenvalue weighted by Crippen LogP contribution is 2.28. The molecule has 0 atom stereocenters. The van der Waals surface area contributed by atoms with Gasteiger partial charge in [0.05, 0.1) is 16.8 Å². The SMILES string of the molecule is Cc1ccc(S(=O)(=O)n2cc(I)c3cc(NC(C)C)cnc32)cc1. The molecule has 0 bridgehead atoms. The highest BCUT2D eigenvalue weighted by molar-refractivity contribution is 14.1. The maximum absolute atomic E-state index is 12.9. The zero-order valence-corrected chi connectivity index (χ0v) is 16.6. The molecular weight excluding hydrogens is 437 g/mol. The molecule has 0 amide bonds. The number of aryl methyl sites for hydroxylation is 1. The van der Waals surface area contributed by atoms with E-state index in [9.17, 15) is 8.42 Å². The molecule has 0 unspecified atom stereocenters. The standard InChI is InChI=1S/C17H18IN3O2S/c1-11(2)20-13-8-15-16(18)10-21(17(15)19-9-13)24(22,23)14-6-4-12(3)5-7-14/h4-11,20H,1-3H3. The van der Waals surface area contributed by atoms with E-state index in [0.717, 1.165) is 20.2 Å². The van der Waals surface area contributed by atoms with Gasteiger partial charge in [0.25, 0.3) is 10.0 Å². The van der Waals surface area contributed by atoms with Crippen LogP contribution < -0.4 is 5.32 Å². The zero-order valence-electron chi connectivity index (χ0n) is 13.6. The van der Waals surface area contributed by atoms with Gasteiger partial charge in [0, 0.05) is 21.2 Å². The van der Waals surface area contributed by atoms with E-state index in [1.807, 2.05) is 26.8 Å². The monoisotopic (exact) mass is 455 g/mol. The Bertz CT molecular complexity index is 993. The molecule has 1 aromatic carbocycles. The Morgan fingerprint density at radius 2 is 1.88 bits per heavy atom. The van der Waals surface area contributed by atoms with Crippen molar-refractivity contribution < 1.29 is 8.42 Å². The van der Waals surface area contributed by atoms with Gasteiger partial charge < -0.3 is 5.32 Å². The van der Waals surface area contributed by atoms with Crippen molar-refractivity contribution in [3.63, 3.8) is 0 Å². The summed E-state index contributed by atoms with van der Waals surface area (Å²) in [6.07, 6.45) is 3.28. The number of fused-ring (bicyclic) bond motifs is 1. The van der Waals surface area contributed by atoms with Gasteiger partial charge >= 0.3 is 0 Å². The van der Waals surface area contributed by atoms with Crippen LogP contribution in [-0.4, -0.2) is 23.4 Å². The second-order valence-corrected chi connectivity index (χ2v) is 8.96. The summed E-state index contributed by atoms with van der Waals surface area (Å²) in [5.74, 6) is 0. The molecule has 3 aromatic rings. The Balaban J connectivity index is 2.14. The molecule has 2 aromatic heterocycles. The average Bonchev–Trinajstić information content (AvgIpc) is 2.85. The first-order valence-corrected chi connectivity index (χ1v) is 10.1. The quantitative estimate of drug-likeness (QED) is 0.604. The van der Waals surface area contributed by atoms with E-state index in [1.165, 1.54) is 3.97 Å². The van der Waals surface area contributed by atoms with Crippen molar-refractivity contribution in [1.29, 1.82) is 0 Å². The van der Waals surface area contributed by atoms with Gasteiger partial charge in [0.2, 0.25) is 0 Å². The fourth-order valence-electron chi connectivity index (χ4n) is 2.46. The second-order valence-electron chi connectivity index (χ2n) is 5.99. The number of hydrogen-bond acceptors (Lipinski definition) is 4. The van der Waals surface area contributed by atoms with Crippen LogP contribution in [-0.2, 0) is 10.0 Å². The highest BCUT2D eigenvalue weighted by atomic mass is 127. The van der Waals surface area contributed by atoms with Crippen molar-refractivity contribution in [2.24, 2.45) is 0 Å². The van der Waals surface area contributed by atoms with Gasteiger partial charge in [-0.15, -0.1) is 0 Å². The maximum Gasteiger partial charge on any atom is 0.269 e. The van der Waals surface area contributed by atoms with Crippen LogP contribution in [0.1, 0.15) is 19.4 Å². The van der Waals surface area contributed by atoms with Gasteiger partial charge in [-0.3, -0.25) is 0 Å². The fraction of sp³-hybridized carbons (Fsp3) is 0.235. The Labute approximate surface area is 155 Å². The Morgan fingerprint density at radius 3 is 2.50 bits per heavy atom. The van der Waals surface area contributed by atoms with Gasteiger partial charge in [-0.2, -0.15) is 0 Å². The van der Waals surface area contributed by atoms with E-state index >= 15 is 0 Å². The van der Waals surface area contributed by atoms with Crippen LogP contribution in [0.4, 0.5) is 5.69 Å². The van der Waals surface area contributed by atoms with Crippen molar-refractivity contribution >= 4 is 49.3 Å². The number of aromatic nitrogens is 2. The molecule has 1 N–H and O–H groups in total. The number of nitrogens with one attached hydrogen (secondary N) is 1. The van der Waals surface area contributed by atoms with Gasteiger partial charge in [0.15, 0.2) is 5.65 Å². The summed E-state index contributed by atoms with van der Waals surface area (Å²) in [7, 11) is -3.67. The van der Waals surface area contributed by atoms with Crippen LogP contribution in [0.3, 0.4) is 0 Å². The summed E-state index contributed by atoms with van der Waals surface area (Å²) in [5.41, 5.74) is 2.33. The fourth-order valence-corrected chi connectivity index (χ4v) is 4.65. The van der Waals surface area contributed by atoms with E-state index in [-0.39, 0.29) is 10.9 Å². The van der Waals surface area contributed by atoms with E-state index in [2.05, 4.69) is 32.9 Å². The maximum atomic E-state index is 12.9. The molecule has 0 spiro atoms.